The Balaban J connectivity index is 1.66. The number of alkyl carbamates (subject to hydrolysis) is 1. The van der Waals surface area contributed by atoms with Crippen LogP contribution in [-0.4, -0.2) is 24.1 Å². The summed E-state index contributed by atoms with van der Waals surface area (Å²) in [4.78, 5) is 23.6. The van der Waals surface area contributed by atoms with E-state index in [1.54, 1.807) is 0 Å². The van der Waals surface area contributed by atoms with Crippen LogP contribution in [-0.2, 0) is 9.53 Å². The molecule has 2 fully saturated rings. The van der Waals surface area contributed by atoms with Crippen LogP contribution < -0.4 is 10.6 Å². The molecular weight excluding hydrogens is 268 g/mol. The second-order valence-corrected chi connectivity index (χ2v) is 5.70. The number of nitrogens with one attached hydrogen (secondary N) is 2. The number of rotatable bonds is 3. The summed E-state index contributed by atoms with van der Waals surface area (Å²) in [5.41, 5.74) is 1.000. The van der Waals surface area contributed by atoms with Gasteiger partial charge >= 0.3 is 6.09 Å². The topological polar surface area (TPSA) is 67.4 Å². The molecule has 0 radical (unpaired) electrons. The molecule has 2 amide bonds. The zero-order valence-electron chi connectivity index (χ0n) is 11.9. The molecule has 1 saturated heterocycles. The van der Waals surface area contributed by atoms with Crippen molar-refractivity contribution in [3.05, 3.63) is 35.9 Å². The van der Waals surface area contributed by atoms with Gasteiger partial charge in [-0.05, 0) is 31.2 Å². The quantitative estimate of drug-likeness (QED) is 0.896. The molecule has 2 atom stereocenters. The summed E-state index contributed by atoms with van der Waals surface area (Å²) in [6.45, 7) is 0. The monoisotopic (exact) mass is 288 g/mol. The highest BCUT2D eigenvalue weighted by atomic mass is 16.6. The van der Waals surface area contributed by atoms with Crippen LogP contribution in [0.3, 0.4) is 0 Å². The Kier molecular flexibility index (Phi) is 4.08. The summed E-state index contributed by atoms with van der Waals surface area (Å²) >= 11 is 0. The lowest BCUT2D eigenvalue weighted by molar-refractivity contribution is -0.123. The van der Waals surface area contributed by atoms with Gasteiger partial charge in [0.2, 0.25) is 5.91 Å². The minimum Gasteiger partial charge on any atom is -0.446 e. The number of benzene rings is 1. The van der Waals surface area contributed by atoms with E-state index in [1.807, 2.05) is 30.3 Å². The number of hydrogen-bond donors (Lipinski definition) is 2. The molecule has 21 heavy (non-hydrogen) atoms. The number of piperidine rings is 1. The predicted molar refractivity (Wildman–Crippen MR) is 77.6 cm³/mol. The van der Waals surface area contributed by atoms with Gasteiger partial charge < -0.3 is 15.4 Å². The van der Waals surface area contributed by atoms with Crippen molar-refractivity contribution in [1.29, 1.82) is 0 Å². The van der Waals surface area contributed by atoms with Gasteiger partial charge in [-0.1, -0.05) is 30.3 Å². The maximum absolute atomic E-state index is 11.9. The van der Waals surface area contributed by atoms with Gasteiger partial charge in [-0.25, -0.2) is 4.79 Å². The van der Waals surface area contributed by atoms with Crippen LogP contribution in [0, 0.1) is 0 Å². The van der Waals surface area contributed by atoms with E-state index in [4.69, 9.17) is 4.74 Å². The zero-order chi connectivity index (χ0) is 14.7. The molecule has 112 valence electrons. The molecule has 5 nitrogen and oxygen atoms in total. The van der Waals surface area contributed by atoms with Crippen molar-refractivity contribution in [2.75, 3.05) is 0 Å². The molecule has 1 aliphatic heterocycles. The van der Waals surface area contributed by atoms with Gasteiger partial charge in [-0.3, -0.25) is 4.79 Å². The molecule has 1 aromatic carbocycles. The SMILES string of the molecule is O=C1CC[C@@H](NC(=O)OC2CCC2)[C@H](c2ccccc2)N1. The first-order valence-corrected chi connectivity index (χ1v) is 7.54. The maximum atomic E-state index is 11.9. The van der Waals surface area contributed by atoms with E-state index in [-0.39, 0.29) is 30.2 Å². The van der Waals surface area contributed by atoms with Crippen LogP contribution in [0.15, 0.2) is 30.3 Å². The van der Waals surface area contributed by atoms with Crippen molar-refractivity contribution < 1.29 is 14.3 Å². The highest BCUT2D eigenvalue weighted by Crippen LogP contribution is 2.25. The van der Waals surface area contributed by atoms with Crippen LogP contribution in [0.25, 0.3) is 0 Å². The number of carbonyl (C=O) groups excluding carboxylic acids is 2. The molecule has 0 unspecified atom stereocenters. The zero-order valence-corrected chi connectivity index (χ0v) is 11.9. The van der Waals surface area contributed by atoms with Gasteiger partial charge in [-0.15, -0.1) is 0 Å². The van der Waals surface area contributed by atoms with Crippen LogP contribution in [0.5, 0.6) is 0 Å². The van der Waals surface area contributed by atoms with E-state index in [9.17, 15) is 9.59 Å². The van der Waals surface area contributed by atoms with E-state index in [0.717, 1.165) is 24.8 Å². The van der Waals surface area contributed by atoms with E-state index in [2.05, 4.69) is 10.6 Å². The Morgan fingerprint density at radius 3 is 2.62 bits per heavy atom. The van der Waals surface area contributed by atoms with E-state index in [1.165, 1.54) is 0 Å². The first-order chi connectivity index (χ1) is 10.2. The third-order valence-electron chi connectivity index (χ3n) is 4.19. The molecule has 3 rings (SSSR count). The Morgan fingerprint density at radius 1 is 1.19 bits per heavy atom. The Hall–Kier alpha value is -2.04. The molecule has 0 spiro atoms. The lowest BCUT2D eigenvalue weighted by Gasteiger charge is -2.34. The van der Waals surface area contributed by atoms with Gasteiger partial charge in [0, 0.05) is 6.42 Å². The lowest BCUT2D eigenvalue weighted by atomic mass is 9.92. The highest BCUT2D eigenvalue weighted by molar-refractivity contribution is 5.78. The number of hydrogen-bond acceptors (Lipinski definition) is 3. The van der Waals surface area contributed by atoms with E-state index in [0.29, 0.717) is 12.8 Å². The molecule has 0 bridgehead atoms. The number of amides is 2. The highest BCUT2D eigenvalue weighted by Gasteiger charge is 2.32. The molecule has 1 aliphatic carbocycles. The first-order valence-electron chi connectivity index (χ1n) is 7.54. The average Bonchev–Trinajstić information content (AvgIpc) is 2.46. The minimum absolute atomic E-state index is 0.0225. The fourth-order valence-corrected chi connectivity index (χ4v) is 2.76. The summed E-state index contributed by atoms with van der Waals surface area (Å²) in [7, 11) is 0. The van der Waals surface area contributed by atoms with Gasteiger partial charge in [0.05, 0.1) is 12.1 Å². The smallest absolute Gasteiger partial charge is 0.407 e. The molecule has 1 heterocycles. The summed E-state index contributed by atoms with van der Waals surface area (Å²) in [5.74, 6) is 0.0225. The summed E-state index contributed by atoms with van der Waals surface area (Å²) in [6, 6.07) is 9.39. The summed E-state index contributed by atoms with van der Waals surface area (Å²) < 4.78 is 5.34. The second kappa shape index (κ2) is 6.16. The van der Waals surface area contributed by atoms with Crippen LogP contribution in [0.1, 0.15) is 43.7 Å². The van der Waals surface area contributed by atoms with Gasteiger partial charge in [0.15, 0.2) is 0 Å². The molecular formula is C16H20N2O3. The van der Waals surface area contributed by atoms with Crippen molar-refractivity contribution in [3.8, 4) is 0 Å². The molecule has 1 saturated carbocycles. The summed E-state index contributed by atoms with van der Waals surface area (Å²) in [6.07, 6.45) is 3.79. The lowest BCUT2D eigenvalue weighted by Crippen LogP contribution is -2.50. The molecule has 0 aromatic heterocycles. The Labute approximate surface area is 124 Å². The molecule has 5 heteroatoms. The van der Waals surface area contributed by atoms with E-state index >= 15 is 0 Å². The number of carbonyl (C=O) groups is 2. The van der Waals surface area contributed by atoms with Gasteiger partial charge in [0.1, 0.15) is 6.10 Å². The van der Waals surface area contributed by atoms with Crippen LogP contribution >= 0.6 is 0 Å². The normalized spacial score (nSPS) is 25.6. The summed E-state index contributed by atoms with van der Waals surface area (Å²) in [5, 5.41) is 5.87. The van der Waals surface area contributed by atoms with Crippen molar-refractivity contribution in [2.24, 2.45) is 0 Å². The fourth-order valence-electron chi connectivity index (χ4n) is 2.76. The average molecular weight is 288 g/mol. The third-order valence-corrected chi connectivity index (χ3v) is 4.19. The first kappa shape index (κ1) is 13.9. The largest absolute Gasteiger partial charge is 0.446 e. The van der Waals surface area contributed by atoms with Crippen LogP contribution in [0.4, 0.5) is 4.79 Å². The predicted octanol–water partition coefficient (Wildman–Crippen LogP) is 2.29. The Morgan fingerprint density at radius 2 is 1.95 bits per heavy atom. The standard InChI is InChI=1S/C16H20N2O3/c19-14-10-9-13(17-16(20)21-12-7-4-8-12)15(18-14)11-5-2-1-3-6-11/h1-3,5-6,12-13,15H,4,7-10H2,(H,17,20)(H,18,19)/t13-,15+/m1/s1. The maximum Gasteiger partial charge on any atom is 0.407 e. The van der Waals surface area contributed by atoms with Crippen LogP contribution in [0.2, 0.25) is 0 Å². The number of ether oxygens (including phenoxy) is 1. The second-order valence-electron chi connectivity index (χ2n) is 5.70. The molecule has 2 aliphatic rings. The van der Waals surface area contributed by atoms with Crippen molar-refractivity contribution in [3.63, 3.8) is 0 Å². The van der Waals surface area contributed by atoms with Crippen molar-refractivity contribution in [2.45, 2.75) is 50.3 Å². The van der Waals surface area contributed by atoms with Crippen molar-refractivity contribution >= 4 is 12.0 Å². The van der Waals surface area contributed by atoms with Crippen molar-refractivity contribution in [1.82, 2.24) is 10.6 Å². The van der Waals surface area contributed by atoms with Gasteiger partial charge in [-0.2, -0.15) is 0 Å². The molecule has 1 aromatic rings. The molecule has 2 N–H and O–H groups in total. The van der Waals surface area contributed by atoms with E-state index < -0.39 is 0 Å². The Bertz CT molecular complexity index is 514. The minimum atomic E-state index is -0.373. The fraction of sp³-hybridized carbons (Fsp3) is 0.500. The van der Waals surface area contributed by atoms with Gasteiger partial charge in [0.25, 0.3) is 0 Å². The third kappa shape index (κ3) is 3.35.